The first-order valence-electron chi connectivity index (χ1n) is 7.31. The number of thioether (sulfide) groups is 1. The number of benzene rings is 1. The van der Waals surface area contributed by atoms with Gasteiger partial charge in [-0.05, 0) is 30.5 Å². The number of non-ortho nitro benzene ring substituents is 1. The summed E-state index contributed by atoms with van der Waals surface area (Å²) in [6.45, 7) is 1.52. The minimum Gasteiger partial charge on any atom is -0.455 e. The summed E-state index contributed by atoms with van der Waals surface area (Å²) in [5.74, 6) is -0.872. The third kappa shape index (κ3) is 6.20. The van der Waals surface area contributed by atoms with Crippen LogP contribution in [0.3, 0.4) is 0 Å². The van der Waals surface area contributed by atoms with Gasteiger partial charge in [0.05, 0.1) is 16.7 Å². The topological polar surface area (TPSA) is 98.5 Å². The summed E-state index contributed by atoms with van der Waals surface area (Å²) in [5.41, 5.74) is -0.0107. The molecule has 7 nitrogen and oxygen atoms in total. The summed E-state index contributed by atoms with van der Waals surface area (Å²) < 4.78 is 4.93. The molecule has 0 saturated carbocycles. The van der Waals surface area contributed by atoms with E-state index in [2.05, 4.69) is 5.32 Å². The Morgan fingerprint density at radius 1 is 1.32 bits per heavy atom. The van der Waals surface area contributed by atoms with Crippen molar-refractivity contribution in [2.45, 2.75) is 17.9 Å². The number of hydrogen-bond acceptors (Lipinski definition) is 7. The lowest BCUT2D eigenvalue weighted by molar-refractivity contribution is -0.384. The Bertz CT molecular complexity index is 731. The summed E-state index contributed by atoms with van der Waals surface area (Å²) in [5, 5.41) is 15.2. The molecule has 0 saturated heterocycles. The maximum Gasteiger partial charge on any atom is 0.316 e. The third-order valence-corrected chi connectivity index (χ3v) is 5.16. The molecule has 0 bridgehead atoms. The number of amides is 1. The van der Waals surface area contributed by atoms with E-state index < -0.39 is 10.9 Å². The number of hydrogen-bond donors (Lipinski definition) is 1. The molecule has 2 rings (SSSR count). The van der Waals surface area contributed by atoms with Crippen molar-refractivity contribution in [2.75, 3.05) is 12.4 Å². The van der Waals surface area contributed by atoms with E-state index >= 15 is 0 Å². The van der Waals surface area contributed by atoms with Crippen LogP contribution in [-0.2, 0) is 14.3 Å². The minimum atomic E-state index is -0.526. The van der Waals surface area contributed by atoms with Crippen LogP contribution in [0.5, 0.6) is 0 Å². The fourth-order valence-corrected chi connectivity index (χ4v) is 3.32. The third-order valence-electron chi connectivity index (χ3n) is 3.12. The Labute approximate surface area is 152 Å². The molecule has 1 heterocycles. The van der Waals surface area contributed by atoms with Crippen molar-refractivity contribution >= 4 is 40.7 Å². The van der Waals surface area contributed by atoms with Crippen molar-refractivity contribution in [1.29, 1.82) is 0 Å². The van der Waals surface area contributed by atoms with E-state index in [0.717, 1.165) is 4.88 Å². The zero-order chi connectivity index (χ0) is 18.2. The molecule has 9 heteroatoms. The fraction of sp³-hybridized carbons (Fsp3) is 0.250. The maximum absolute atomic E-state index is 11.8. The molecule has 25 heavy (non-hydrogen) atoms. The Hall–Kier alpha value is -2.39. The molecular weight excluding hydrogens is 364 g/mol. The Morgan fingerprint density at radius 2 is 2.04 bits per heavy atom. The van der Waals surface area contributed by atoms with Crippen LogP contribution in [0.4, 0.5) is 5.69 Å². The van der Waals surface area contributed by atoms with Gasteiger partial charge in [-0.2, -0.15) is 0 Å². The van der Waals surface area contributed by atoms with Crippen molar-refractivity contribution in [2.24, 2.45) is 0 Å². The van der Waals surface area contributed by atoms with E-state index in [1.807, 2.05) is 24.4 Å². The lowest BCUT2D eigenvalue weighted by Gasteiger charge is -2.12. The number of esters is 1. The second kappa shape index (κ2) is 9.19. The van der Waals surface area contributed by atoms with Gasteiger partial charge in [0.1, 0.15) is 0 Å². The zero-order valence-corrected chi connectivity index (χ0v) is 15.0. The molecule has 0 spiro atoms. The van der Waals surface area contributed by atoms with Crippen molar-refractivity contribution < 1.29 is 19.2 Å². The van der Waals surface area contributed by atoms with Crippen molar-refractivity contribution in [3.05, 3.63) is 56.8 Å². The van der Waals surface area contributed by atoms with Gasteiger partial charge in [0.25, 0.3) is 11.6 Å². The van der Waals surface area contributed by atoms with E-state index in [4.69, 9.17) is 4.74 Å². The van der Waals surface area contributed by atoms with Gasteiger partial charge in [0.2, 0.25) is 0 Å². The van der Waals surface area contributed by atoms with Gasteiger partial charge < -0.3 is 10.1 Å². The predicted molar refractivity (Wildman–Crippen MR) is 95.7 cm³/mol. The largest absolute Gasteiger partial charge is 0.455 e. The predicted octanol–water partition coefficient (Wildman–Crippen LogP) is 3.17. The molecule has 1 amide bonds. The van der Waals surface area contributed by atoms with Crippen molar-refractivity contribution in [1.82, 2.24) is 5.32 Å². The highest BCUT2D eigenvalue weighted by molar-refractivity contribution is 8.00. The van der Waals surface area contributed by atoms with Crippen LogP contribution in [0, 0.1) is 10.1 Å². The Balaban J connectivity index is 1.69. The zero-order valence-electron chi connectivity index (χ0n) is 13.3. The summed E-state index contributed by atoms with van der Waals surface area (Å²) >= 11 is 2.72. The maximum atomic E-state index is 11.8. The standard InChI is InChI=1S/C16H16N2O5S2/c1-11(14-3-2-8-24-14)17-15(19)9-23-16(20)10-25-13-6-4-12(5-7-13)18(21)22/h2-8,11H,9-10H2,1H3,(H,17,19)/t11-/m1/s1. The van der Waals surface area contributed by atoms with Crippen LogP contribution in [0.15, 0.2) is 46.7 Å². The second-order valence-electron chi connectivity index (χ2n) is 5.00. The van der Waals surface area contributed by atoms with E-state index in [0.29, 0.717) is 4.90 Å². The number of nitrogens with one attached hydrogen (secondary N) is 1. The smallest absolute Gasteiger partial charge is 0.316 e. The SMILES string of the molecule is C[C@@H](NC(=O)COC(=O)CSc1ccc([N+](=O)[O-])cc1)c1cccs1. The number of nitrogens with zero attached hydrogens (tertiary/aromatic N) is 1. The van der Waals surface area contributed by atoms with Crippen LogP contribution in [0.2, 0.25) is 0 Å². The quantitative estimate of drug-likeness (QED) is 0.327. The average Bonchev–Trinajstić information content (AvgIpc) is 3.13. The lowest BCUT2D eigenvalue weighted by atomic mass is 10.3. The van der Waals surface area contributed by atoms with E-state index in [9.17, 15) is 19.7 Å². The molecule has 0 radical (unpaired) electrons. The number of ether oxygens (including phenoxy) is 1. The molecule has 1 atom stereocenters. The first kappa shape index (κ1) is 18.9. The van der Waals surface area contributed by atoms with Gasteiger partial charge in [-0.1, -0.05) is 6.07 Å². The highest BCUT2D eigenvalue weighted by atomic mass is 32.2. The van der Waals surface area contributed by atoms with E-state index in [1.165, 1.54) is 35.2 Å². The van der Waals surface area contributed by atoms with Crippen LogP contribution in [0.25, 0.3) is 0 Å². The molecule has 0 aliphatic heterocycles. The van der Waals surface area contributed by atoms with Crippen LogP contribution in [0.1, 0.15) is 17.8 Å². The van der Waals surface area contributed by atoms with Gasteiger partial charge in [-0.3, -0.25) is 19.7 Å². The van der Waals surface area contributed by atoms with E-state index in [1.54, 1.807) is 12.1 Å². The lowest BCUT2D eigenvalue weighted by Crippen LogP contribution is -2.31. The second-order valence-corrected chi connectivity index (χ2v) is 7.03. The van der Waals surface area contributed by atoms with Gasteiger partial charge in [-0.15, -0.1) is 23.1 Å². The summed E-state index contributed by atoms with van der Waals surface area (Å²) in [4.78, 5) is 35.3. The van der Waals surface area contributed by atoms with Gasteiger partial charge in [0, 0.05) is 21.9 Å². The molecule has 1 aromatic heterocycles. The molecule has 0 unspecified atom stereocenters. The number of nitro benzene ring substituents is 1. The summed E-state index contributed by atoms with van der Waals surface area (Å²) in [7, 11) is 0. The molecular formula is C16H16N2O5S2. The number of thiophene rings is 1. The Morgan fingerprint density at radius 3 is 2.64 bits per heavy atom. The van der Waals surface area contributed by atoms with Crippen LogP contribution >= 0.6 is 23.1 Å². The van der Waals surface area contributed by atoms with Crippen molar-refractivity contribution in [3.8, 4) is 0 Å². The molecule has 1 aromatic carbocycles. The van der Waals surface area contributed by atoms with Gasteiger partial charge >= 0.3 is 5.97 Å². The molecule has 2 aromatic rings. The fourth-order valence-electron chi connectivity index (χ4n) is 1.89. The van der Waals surface area contributed by atoms with Crippen LogP contribution in [-0.4, -0.2) is 29.2 Å². The Kier molecular flexibility index (Phi) is 6.96. The molecule has 132 valence electrons. The van der Waals surface area contributed by atoms with Gasteiger partial charge in [0.15, 0.2) is 6.61 Å². The minimum absolute atomic E-state index is 0.0107. The summed E-state index contributed by atoms with van der Waals surface area (Å²) in [6, 6.07) is 9.54. The van der Waals surface area contributed by atoms with Crippen LogP contribution < -0.4 is 5.32 Å². The van der Waals surface area contributed by atoms with Crippen molar-refractivity contribution in [3.63, 3.8) is 0 Å². The first-order valence-corrected chi connectivity index (χ1v) is 9.18. The molecule has 1 N–H and O–H groups in total. The number of nitro groups is 1. The highest BCUT2D eigenvalue weighted by Gasteiger charge is 2.13. The van der Waals surface area contributed by atoms with E-state index in [-0.39, 0.29) is 30.0 Å². The molecule has 0 aliphatic carbocycles. The monoisotopic (exact) mass is 380 g/mol. The molecule has 0 aliphatic rings. The molecule has 0 fully saturated rings. The summed E-state index contributed by atoms with van der Waals surface area (Å²) in [6.07, 6.45) is 0. The number of carbonyl (C=O) groups is 2. The highest BCUT2D eigenvalue weighted by Crippen LogP contribution is 2.21. The first-order chi connectivity index (χ1) is 12.0. The normalized spacial score (nSPS) is 11.6. The van der Waals surface area contributed by atoms with Gasteiger partial charge in [-0.25, -0.2) is 0 Å². The average molecular weight is 380 g/mol. The number of rotatable bonds is 8. The number of carbonyl (C=O) groups excluding carboxylic acids is 2.